The van der Waals surface area contributed by atoms with E-state index in [1.807, 2.05) is 6.92 Å². The zero-order chi connectivity index (χ0) is 13.1. The summed E-state index contributed by atoms with van der Waals surface area (Å²) >= 11 is 0. The number of fused-ring (bicyclic) bond motifs is 1. The fraction of sp³-hybridized carbons (Fsp3) is 0.929. The van der Waals surface area contributed by atoms with Crippen molar-refractivity contribution < 1.29 is 9.00 Å². The summed E-state index contributed by atoms with van der Waals surface area (Å²) in [7, 11) is -0.760. The molecule has 0 radical (unpaired) electrons. The third-order valence-electron chi connectivity index (χ3n) is 4.51. The second-order valence-corrected chi connectivity index (χ2v) is 7.35. The molecule has 0 aliphatic carbocycles. The predicted octanol–water partition coefficient (Wildman–Crippen LogP) is 2.32. The molecular weight excluding hydrogens is 246 g/mol. The van der Waals surface area contributed by atoms with Gasteiger partial charge < -0.3 is 4.90 Å². The predicted molar refractivity (Wildman–Crippen MR) is 74.8 cm³/mol. The van der Waals surface area contributed by atoms with Crippen molar-refractivity contribution in [2.75, 3.05) is 11.5 Å². The molecule has 0 aromatic rings. The smallest absolute Gasteiger partial charge is 0.226 e. The van der Waals surface area contributed by atoms with Gasteiger partial charge in [0, 0.05) is 40.3 Å². The maximum absolute atomic E-state index is 12.6. The van der Waals surface area contributed by atoms with Gasteiger partial charge in [-0.2, -0.15) is 0 Å². The Hall–Kier alpha value is -0.380. The molecule has 3 nitrogen and oxygen atoms in total. The average molecular weight is 271 g/mol. The Labute approximate surface area is 113 Å². The molecule has 3 unspecified atom stereocenters. The van der Waals surface area contributed by atoms with Gasteiger partial charge in [-0.25, -0.2) is 0 Å². The number of amides is 1. The van der Waals surface area contributed by atoms with Gasteiger partial charge in [0.1, 0.15) is 0 Å². The Kier molecular flexibility index (Phi) is 4.82. The first-order valence-corrected chi connectivity index (χ1v) is 8.83. The molecule has 4 atom stereocenters. The molecule has 2 saturated heterocycles. The highest BCUT2D eigenvalue weighted by atomic mass is 32.2. The highest BCUT2D eigenvalue weighted by Crippen LogP contribution is 2.34. The molecular formula is C14H25NO2S. The number of carbonyl (C=O) groups is 1. The van der Waals surface area contributed by atoms with Crippen LogP contribution < -0.4 is 0 Å². The summed E-state index contributed by atoms with van der Waals surface area (Å²) in [6, 6.07) is 0.684. The average Bonchev–Trinajstić information content (AvgIpc) is 2.68. The van der Waals surface area contributed by atoms with E-state index in [0.717, 1.165) is 32.1 Å². The summed E-state index contributed by atoms with van der Waals surface area (Å²) in [5.74, 6) is 1.96. The molecule has 0 saturated carbocycles. The van der Waals surface area contributed by atoms with Crippen LogP contribution in [0, 0.1) is 5.92 Å². The minimum Gasteiger partial charge on any atom is -0.336 e. The van der Waals surface area contributed by atoms with Crippen molar-refractivity contribution in [1.82, 2.24) is 4.90 Å². The van der Waals surface area contributed by atoms with Gasteiger partial charge in [-0.15, -0.1) is 0 Å². The lowest BCUT2D eigenvalue weighted by atomic mass is 9.98. The van der Waals surface area contributed by atoms with E-state index in [1.165, 1.54) is 6.42 Å². The number of carbonyl (C=O) groups excluding carboxylic acids is 1. The van der Waals surface area contributed by atoms with Crippen LogP contribution in [0.25, 0.3) is 0 Å². The second-order valence-electron chi connectivity index (χ2n) is 5.56. The third kappa shape index (κ3) is 2.79. The molecule has 18 heavy (non-hydrogen) atoms. The zero-order valence-corrected chi connectivity index (χ0v) is 12.4. The van der Waals surface area contributed by atoms with Gasteiger partial charge in [0.15, 0.2) is 0 Å². The molecule has 0 N–H and O–H groups in total. The maximum atomic E-state index is 12.6. The Morgan fingerprint density at radius 2 is 2.00 bits per heavy atom. The minimum absolute atomic E-state index is 0.214. The number of hydrogen-bond acceptors (Lipinski definition) is 2. The Morgan fingerprint density at radius 3 is 2.67 bits per heavy atom. The third-order valence-corrected chi connectivity index (χ3v) is 5.91. The zero-order valence-electron chi connectivity index (χ0n) is 11.6. The minimum atomic E-state index is -0.760. The van der Waals surface area contributed by atoms with Crippen LogP contribution in [0.1, 0.15) is 52.4 Å². The van der Waals surface area contributed by atoms with Crippen LogP contribution >= 0.6 is 0 Å². The van der Waals surface area contributed by atoms with Gasteiger partial charge >= 0.3 is 0 Å². The molecule has 0 aromatic heterocycles. The summed E-state index contributed by atoms with van der Waals surface area (Å²) in [4.78, 5) is 14.7. The molecule has 104 valence electrons. The van der Waals surface area contributed by atoms with Gasteiger partial charge in [0.05, 0.1) is 0 Å². The van der Waals surface area contributed by atoms with Crippen LogP contribution in [-0.4, -0.2) is 38.6 Å². The van der Waals surface area contributed by atoms with Gasteiger partial charge in [-0.3, -0.25) is 9.00 Å². The standard InChI is InChI=1S/C14H25NO2S/c1-3-11-6-5-7-12-8-9-13(10-18(17)4-2)15(12)14(11)16/h11-13H,3-10H2,1-2H3/t11?,12?,13-,18?/m0/s1. The van der Waals surface area contributed by atoms with Crippen molar-refractivity contribution in [3.8, 4) is 0 Å². The summed E-state index contributed by atoms with van der Waals surface area (Å²) < 4.78 is 11.8. The largest absolute Gasteiger partial charge is 0.336 e. The molecule has 2 aliphatic rings. The molecule has 0 spiro atoms. The first-order valence-electron chi connectivity index (χ1n) is 7.34. The maximum Gasteiger partial charge on any atom is 0.226 e. The van der Waals surface area contributed by atoms with Gasteiger partial charge in [-0.1, -0.05) is 20.3 Å². The Balaban J connectivity index is 2.11. The second kappa shape index (κ2) is 6.18. The van der Waals surface area contributed by atoms with E-state index in [4.69, 9.17) is 0 Å². The van der Waals surface area contributed by atoms with Crippen LogP contribution in [0.5, 0.6) is 0 Å². The topological polar surface area (TPSA) is 37.4 Å². The van der Waals surface area contributed by atoms with Crippen LogP contribution in [0.3, 0.4) is 0 Å². The molecule has 2 heterocycles. The van der Waals surface area contributed by atoms with Crippen molar-refractivity contribution in [2.45, 2.75) is 64.5 Å². The van der Waals surface area contributed by atoms with E-state index in [-0.39, 0.29) is 12.0 Å². The van der Waals surface area contributed by atoms with Crippen molar-refractivity contribution in [1.29, 1.82) is 0 Å². The lowest BCUT2D eigenvalue weighted by Gasteiger charge is -2.30. The Morgan fingerprint density at radius 1 is 1.22 bits per heavy atom. The van der Waals surface area contributed by atoms with Crippen LogP contribution in [-0.2, 0) is 15.6 Å². The van der Waals surface area contributed by atoms with Gasteiger partial charge in [0.2, 0.25) is 5.91 Å². The summed E-state index contributed by atoms with van der Waals surface area (Å²) in [5, 5.41) is 0. The lowest BCUT2D eigenvalue weighted by Crippen LogP contribution is -2.45. The molecule has 2 aliphatic heterocycles. The van der Waals surface area contributed by atoms with E-state index in [9.17, 15) is 9.00 Å². The highest BCUT2D eigenvalue weighted by Gasteiger charge is 2.40. The monoisotopic (exact) mass is 271 g/mol. The van der Waals surface area contributed by atoms with E-state index in [1.54, 1.807) is 0 Å². The molecule has 0 bridgehead atoms. The number of nitrogens with zero attached hydrogens (tertiary/aromatic N) is 1. The van der Waals surface area contributed by atoms with Gasteiger partial charge in [-0.05, 0) is 32.1 Å². The van der Waals surface area contributed by atoms with Crippen molar-refractivity contribution >= 4 is 16.7 Å². The highest BCUT2D eigenvalue weighted by molar-refractivity contribution is 7.84. The lowest BCUT2D eigenvalue weighted by molar-refractivity contribution is -0.137. The Bertz CT molecular complexity index is 332. The van der Waals surface area contributed by atoms with Crippen molar-refractivity contribution in [2.24, 2.45) is 5.92 Å². The van der Waals surface area contributed by atoms with E-state index in [0.29, 0.717) is 23.5 Å². The fourth-order valence-corrected chi connectivity index (χ4v) is 4.41. The molecule has 0 aromatic carbocycles. The van der Waals surface area contributed by atoms with Crippen molar-refractivity contribution in [3.05, 3.63) is 0 Å². The summed E-state index contributed by atoms with van der Waals surface area (Å²) in [6.45, 7) is 4.07. The normalized spacial score (nSPS) is 34.2. The molecule has 1 amide bonds. The first kappa shape index (κ1) is 14.0. The molecule has 2 fully saturated rings. The van der Waals surface area contributed by atoms with E-state index >= 15 is 0 Å². The fourth-order valence-electron chi connectivity index (χ4n) is 3.41. The summed E-state index contributed by atoms with van der Waals surface area (Å²) in [5.41, 5.74) is 0. The van der Waals surface area contributed by atoms with E-state index in [2.05, 4.69) is 11.8 Å². The quantitative estimate of drug-likeness (QED) is 0.787. The molecule has 2 rings (SSSR count). The van der Waals surface area contributed by atoms with Crippen LogP contribution in [0.2, 0.25) is 0 Å². The summed E-state index contributed by atoms with van der Waals surface area (Å²) in [6.07, 6.45) is 6.50. The number of rotatable bonds is 4. The molecule has 4 heteroatoms. The van der Waals surface area contributed by atoms with E-state index < -0.39 is 10.8 Å². The SMILES string of the molecule is CCC1CCCC2CC[C@@H](CS(=O)CC)N2C1=O. The van der Waals surface area contributed by atoms with Gasteiger partial charge in [0.25, 0.3) is 0 Å². The van der Waals surface area contributed by atoms with Crippen LogP contribution in [0.4, 0.5) is 0 Å². The van der Waals surface area contributed by atoms with Crippen molar-refractivity contribution in [3.63, 3.8) is 0 Å². The number of hydrogen-bond donors (Lipinski definition) is 0. The van der Waals surface area contributed by atoms with Crippen LogP contribution in [0.15, 0.2) is 0 Å². The first-order chi connectivity index (χ1) is 8.67.